The maximum absolute atomic E-state index is 14.8. The number of anilines is 2. The highest BCUT2D eigenvalue weighted by Gasteiger charge is 2.33. The Balaban J connectivity index is 1.67. The summed E-state index contributed by atoms with van der Waals surface area (Å²) in [6.07, 6.45) is -0.133. The van der Waals surface area contributed by atoms with Gasteiger partial charge < -0.3 is 19.8 Å². The predicted molar refractivity (Wildman–Crippen MR) is 104 cm³/mol. The van der Waals surface area contributed by atoms with Gasteiger partial charge in [-0.1, -0.05) is 6.92 Å². The average Bonchev–Trinajstić information content (AvgIpc) is 3.02. The number of nitrogens with zero attached hydrogens (tertiary/aromatic N) is 3. The molecule has 0 saturated carbocycles. The molecule has 150 valence electrons. The third kappa shape index (κ3) is 4.35. The van der Waals surface area contributed by atoms with Crippen molar-refractivity contribution in [1.29, 1.82) is 0 Å². The molecule has 2 fully saturated rings. The number of halogens is 1. The van der Waals surface area contributed by atoms with Crippen LogP contribution in [0.4, 0.5) is 20.6 Å². The molecular weight excluding hydrogens is 363 g/mol. The van der Waals surface area contributed by atoms with Crippen LogP contribution in [0.25, 0.3) is 4.85 Å². The van der Waals surface area contributed by atoms with Gasteiger partial charge in [0, 0.05) is 25.9 Å². The summed E-state index contributed by atoms with van der Waals surface area (Å²) in [5.41, 5.74) is 0.951. The molecule has 1 N–H and O–H groups in total. The van der Waals surface area contributed by atoms with E-state index in [0.717, 1.165) is 6.42 Å². The molecule has 3 atom stereocenters. The Morgan fingerprint density at radius 2 is 2.21 bits per heavy atom. The Kier molecular flexibility index (Phi) is 6.02. The molecule has 2 heterocycles. The first-order chi connectivity index (χ1) is 13.4. The van der Waals surface area contributed by atoms with E-state index in [0.29, 0.717) is 42.8 Å². The van der Waals surface area contributed by atoms with E-state index < -0.39 is 12.2 Å². The highest BCUT2D eigenvalue weighted by molar-refractivity contribution is 5.90. The number of carbonyl (C=O) groups is 2. The van der Waals surface area contributed by atoms with Crippen LogP contribution in [0.15, 0.2) is 18.2 Å². The summed E-state index contributed by atoms with van der Waals surface area (Å²) < 4.78 is 20.0. The number of piperidine rings is 1. The summed E-state index contributed by atoms with van der Waals surface area (Å²) in [4.78, 5) is 30.0. The maximum atomic E-state index is 14.8. The minimum atomic E-state index is -0.545. The summed E-state index contributed by atoms with van der Waals surface area (Å²) in [5, 5.41) is 2.62. The molecule has 0 aliphatic carbocycles. The van der Waals surface area contributed by atoms with Crippen molar-refractivity contribution in [2.75, 3.05) is 42.5 Å². The van der Waals surface area contributed by atoms with Crippen LogP contribution in [0.5, 0.6) is 0 Å². The second-order valence-electron chi connectivity index (χ2n) is 7.50. The molecule has 0 spiro atoms. The van der Waals surface area contributed by atoms with Crippen LogP contribution < -0.4 is 15.1 Å². The molecule has 0 radical (unpaired) electrons. The zero-order valence-corrected chi connectivity index (χ0v) is 16.2. The SMILES string of the molecule is [C-]#[N+]CC1CCN(c2ccc(N3C[C@H](CNC(C)=O)OC3=O)cc2F)CC1C. The van der Waals surface area contributed by atoms with Crippen molar-refractivity contribution in [3.8, 4) is 0 Å². The lowest BCUT2D eigenvalue weighted by molar-refractivity contribution is -0.119. The van der Waals surface area contributed by atoms with Crippen molar-refractivity contribution in [1.82, 2.24) is 5.32 Å². The Morgan fingerprint density at radius 1 is 1.43 bits per heavy atom. The van der Waals surface area contributed by atoms with Gasteiger partial charge in [-0.05, 0) is 30.5 Å². The van der Waals surface area contributed by atoms with E-state index >= 15 is 0 Å². The van der Waals surface area contributed by atoms with Crippen LogP contribution in [-0.2, 0) is 9.53 Å². The van der Waals surface area contributed by atoms with E-state index in [2.05, 4.69) is 17.1 Å². The lowest BCUT2D eigenvalue weighted by Crippen LogP contribution is -2.40. The fourth-order valence-electron chi connectivity index (χ4n) is 3.82. The molecule has 8 heteroatoms. The van der Waals surface area contributed by atoms with Crippen molar-refractivity contribution in [2.24, 2.45) is 11.8 Å². The topological polar surface area (TPSA) is 66.2 Å². The summed E-state index contributed by atoms with van der Waals surface area (Å²) in [6.45, 7) is 13.0. The fourth-order valence-corrected chi connectivity index (χ4v) is 3.82. The Morgan fingerprint density at radius 3 is 2.86 bits per heavy atom. The van der Waals surface area contributed by atoms with E-state index in [-0.39, 0.29) is 24.8 Å². The lowest BCUT2D eigenvalue weighted by atomic mass is 9.87. The van der Waals surface area contributed by atoms with E-state index in [1.807, 2.05) is 4.90 Å². The van der Waals surface area contributed by atoms with Crippen molar-refractivity contribution in [3.63, 3.8) is 0 Å². The van der Waals surface area contributed by atoms with Crippen molar-refractivity contribution < 1.29 is 18.7 Å². The molecule has 2 amide bonds. The van der Waals surface area contributed by atoms with Gasteiger partial charge in [0.2, 0.25) is 12.5 Å². The largest absolute Gasteiger partial charge is 0.442 e. The first-order valence-electron chi connectivity index (χ1n) is 9.49. The highest BCUT2D eigenvalue weighted by Crippen LogP contribution is 2.32. The number of hydrogen-bond donors (Lipinski definition) is 1. The molecule has 0 bridgehead atoms. The van der Waals surface area contributed by atoms with Crippen molar-refractivity contribution in [2.45, 2.75) is 26.4 Å². The third-order valence-corrected chi connectivity index (χ3v) is 5.45. The van der Waals surface area contributed by atoms with E-state index in [1.54, 1.807) is 12.1 Å². The van der Waals surface area contributed by atoms with E-state index in [9.17, 15) is 14.0 Å². The lowest BCUT2D eigenvalue weighted by Gasteiger charge is -2.36. The van der Waals surface area contributed by atoms with Crippen LogP contribution in [0.2, 0.25) is 0 Å². The number of rotatable bonds is 5. The van der Waals surface area contributed by atoms with Gasteiger partial charge in [-0.25, -0.2) is 15.8 Å². The van der Waals surface area contributed by atoms with Gasteiger partial charge in [0.1, 0.15) is 11.9 Å². The molecule has 28 heavy (non-hydrogen) atoms. The predicted octanol–water partition coefficient (Wildman–Crippen LogP) is 2.67. The van der Waals surface area contributed by atoms with Gasteiger partial charge in [0.25, 0.3) is 0 Å². The zero-order valence-electron chi connectivity index (χ0n) is 16.2. The third-order valence-electron chi connectivity index (χ3n) is 5.45. The van der Waals surface area contributed by atoms with Crippen molar-refractivity contribution in [3.05, 3.63) is 35.4 Å². The molecule has 7 nitrogen and oxygen atoms in total. The van der Waals surface area contributed by atoms with Gasteiger partial charge in [-0.3, -0.25) is 9.69 Å². The molecule has 1 aromatic rings. The van der Waals surface area contributed by atoms with Crippen LogP contribution in [0, 0.1) is 24.2 Å². The Labute approximate surface area is 164 Å². The number of carbonyl (C=O) groups excluding carboxylic acids is 2. The molecule has 2 unspecified atom stereocenters. The highest BCUT2D eigenvalue weighted by atomic mass is 19.1. The molecule has 3 rings (SSSR count). The van der Waals surface area contributed by atoms with Gasteiger partial charge in [-0.15, -0.1) is 0 Å². The Bertz CT molecular complexity index is 794. The van der Waals surface area contributed by atoms with Crippen molar-refractivity contribution >= 4 is 23.4 Å². The average molecular weight is 388 g/mol. The number of benzene rings is 1. The second kappa shape index (κ2) is 8.46. The Hall–Kier alpha value is -2.82. The number of amides is 2. The molecule has 2 aliphatic heterocycles. The first kappa shape index (κ1) is 19.9. The van der Waals surface area contributed by atoms with Gasteiger partial charge in [0.05, 0.1) is 24.5 Å². The summed E-state index contributed by atoms with van der Waals surface area (Å²) in [7, 11) is 0. The summed E-state index contributed by atoms with van der Waals surface area (Å²) >= 11 is 0. The summed E-state index contributed by atoms with van der Waals surface area (Å²) in [5.74, 6) is 0.103. The smallest absolute Gasteiger partial charge is 0.414 e. The van der Waals surface area contributed by atoms with Crippen LogP contribution in [0.3, 0.4) is 0 Å². The fraction of sp³-hybridized carbons (Fsp3) is 0.550. The standard InChI is InChI=1S/C20H25FN4O3/c1-13-11-24(7-6-15(13)9-22-3)19-5-4-16(8-18(19)21)25-12-17(28-20(25)27)10-23-14(2)26/h4-5,8,13,15,17H,6-7,9-12H2,1-2H3,(H,23,26)/t13?,15?,17-/m0/s1. The molecule has 2 saturated heterocycles. The maximum Gasteiger partial charge on any atom is 0.414 e. The number of nitrogens with one attached hydrogen (secondary N) is 1. The number of cyclic esters (lactones) is 1. The number of hydrogen-bond acceptors (Lipinski definition) is 4. The first-order valence-corrected chi connectivity index (χ1v) is 9.49. The quantitative estimate of drug-likeness (QED) is 0.788. The second-order valence-corrected chi connectivity index (χ2v) is 7.50. The van der Waals surface area contributed by atoms with Gasteiger partial charge in [0.15, 0.2) is 0 Å². The summed E-state index contributed by atoms with van der Waals surface area (Å²) in [6, 6.07) is 4.77. The van der Waals surface area contributed by atoms with E-state index in [1.165, 1.54) is 17.9 Å². The molecule has 0 aromatic heterocycles. The van der Waals surface area contributed by atoms with Crippen LogP contribution in [0.1, 0.15) is 20.3 Å². The van der Waals surface area contributed by atoms with Crippen LogP contribution in [-0.4, -0.2) is 50.8 Å². The molecule has 1 aromatic carbocycles. The van der Waals surface area contributed by atoms with Crippen LogP contribution >= 0.6 is 0 Å². The molecule has 2 aliphatic rings. The van der Waals surface area contributed by atoms with Gasteiger partial charge >= 0.3 is 6.09 Å². The zero-order chi connectivity index (χ0) is 20.3. The minimum absolute atomic E-state index is 0.195. The molecular formula is C20H25FN4O3. The normalized spacial score (nSPS) is 24.6. The van der Waals surface area contributed by atoms with E-state index in [4.69, 9.17) is 11.3 Å². The monoisotopic (exact) mass is 388 g/mol. The van der Waals surface area contributed by atoms with Gasteiger partial charge in [-0.2, -0.15) is 0 Å². The minimum Gasteiger partial charge on any atom is -0.442 e. The number of ether oxygens (including phenoxy) is 1.